The molecule has 5 heteroatoms. The van der Waals surface area contributed by atoms with E-state index in [1.807, 2.05) is 4.90 Å². The SMILES string of the molecule is Cc1ccc(CN(CCC2=CCCCC2)C(=O)NCc2ccon2)cc1. The van der Waals surface area contributed by atoms with E-state index in [1.54, 1.807) is 6.07 Å². The highest BCUT2D eigenvalue weighted by Gasteiger charge is 2.15. The molecule has 1 aliphatic rings. The maximum absolute atomic E-state index is 12.7. The zero-order valence-corrected chi connectivity index (χ0v) is 15.4. The molecule has 0 atom stereocenters. The highest BCUT2D eigenvalue weighted by atomic mass is 16.5. The number of hydrogen-bond donors (Lipinski definition) is 1. The number of aromatic nitrogens is 1. The lowest BCUT2D eigenvalue weighted by molar-refractivity contribution is 0.194. The second-order valence-electron chi connectivity index (χ2n) is 6.91. The highest BCUT2D eigenvalue weighted by molar-refractivity contribution is 5.74. The van der Waals surface area contributed by atoms with Crippen LogP contribution in [0.2, 0.25) is 0 Å². The molecular formula is C21H27N3O2. The molecule has 0 saturated carbocycles. The molecule has 0 bridgehead atoms. The first-order valence-electron chi connectivity index (χ1n) is 9.36. The molecule has 0 saturated heterocycles. The van der Waals surface area contributed by atoms with Crippen LogP contribution in [0.25, 0.3) is 0 Å². The van der Waals surface area contributed by atoms with Gasteiger partial charge in [0.25, 0.3) is 0 Å². The molecule has 26 heavy (non-hydrogen) atoms. The van der Waals surface area contributed by atoms with E-state index in [-0.39, 0.29) is 6.03 Å². The van der Waals surface area contributed by atoms with Gasteiger partial charge in [0.2, 0.25) is 0 Å². The molecule has 0 aliphatic heterocycles. The summed E-state index contributed by atoms with van der Waals surface area (Å²) in [5.74, 6) is 0. The Morgan fingerprint density at radius 1 is 1.23 bits per heavy atom. The van der Waals surface area contributed by atoms with Gasteiger partial charge in [-0.3, -0.25) is 0 Å². The molecule has 1 heterocycles. The third-order valence-electron chi connectivity index (χ3n) is 4.78. The van der Waals surface area contributed by atoms with Crippen molar-refractivity contribution in [1.82, 2.24) is 15.4 Å². The van der Waals surface area contributed by atoms with E-state index in [4.69, 9.17) is 4.52 Å². The molecule has 5 nitrogen and oxygen atoms in total. The standard InChI is InChI=1S/C21H27N3O2/c1-17-7-9-19(10-8-17)16-24(13-11-18-5-3-2-4-6-18)21(25)22-15-20-12-14-26-23-20/h5,7-10,12,14H,2-4,6,11,13,15-16H2,1H3,(H,22,25). The average Bonchev–Trinajstić information content (AvgIpc) is 3.19. The van der Waals surface area contributed by atoms with Crippen LogP contribution in [0.1, 0.15) is 48.9 Å². The number of carbonyl (C=O) groups excluding carboxylic acids is 1. The van der Waals surface area contributed by atoms with Gasteiger partial charge in [0.1, 0.15) is 12.0 Å². The predicted molar refractivity (Wildman–Crippen MR) is 101 cm³/mol. The monoisotopic (exact) mass is 353 g/mol. The number of nitrogens with one attached hydrogen (secondary N) is 1. The number of allylic oxidation sites excluding steroid dienone is 1. The van der Waals surface area contributed by atoms with Gasteiger partial charge in [-0.15, -0.1) is 0 Å². The first-order chi connectivity index (χ1) is 12.7. The Morgan fingerprint density at radius 3 is 2.77 bits per heavy atom. The number of urea groups is 1. The lowest BCUT2D eigenvalue weighted by Gasteiger charge is -2.24. The van der Waals surface area contributed by atoms with Crippen molar-refractivity contribution in [3.63, 3.8) is 0 Å². The molecule has 1 aromatic heterocycles. The summed E-state index contributed by atoms with van der Waals surface area (Å²) in [6, 6.07) is 10.1. The van der Waals surface area contributed by atoms with Crippen molar-refractivity contribution in [3.8, 4) is 0 Å². The van der Waals surface area contributed by atoms with E-state index in [9.17, 15) is 4.79 Å². The van der Waals surface area contributed by atoms with Crippen LogP contribution < -0.4 is 5.32 Å². The zero-order valence-electron chi connectivity index (χ0n) is 15.4. The summed E-state index contributed by atoms with van der Waals surface area (Å²) in [6.45, 7) is 3.78. The van der Waals surface area contributed by atoms with Crippen molar-refractivity contribution in [2.75, 3.05) is 6.54 Å². The largest absolute Gasteiger partial charge is 0.364 e. The van der Waals surface area contributed by atoms with E-state index < -0.39 is 0 Å². The summed E-state index contributed by atoms with van der Waals surface area (Å²) >= 11 is 0. The van der Waals surface area contributed by atoms with Gasteiger partial charge in [0.05, 0.1) is 6.54 Å². The maximum Gasteiger partial charge on any atom is 0.318 e. The zero-order chi connectivity index (χ0) is 18.2. The van der Waals surface area contributed by atoms with Crippen LogP contribution in [0, 0.1) is 6.92 Å². The van der Waals surface area contributed by atoms with Gasteiger partial charge in [0, 0.05) is 19.2 Å². The van der Waals surface area contributed by atoms with E-state index in [0.29, 0.717) is 13.1 Å². The van der Waals surface area contributed by atoms with Crippen LogP contribution in [0.4, 0.5) is 4.79 Å². The summed E-state index contributed by atoms with van der Waals surface area (Å²) in [5.41, 5.74) is 4.58. The van der Waals surface area contributed by atoms with Crippen LogP contribution >= 0.6 is 0 Å². The maximum atomic E-state index is 12.7. The molecule has 0 fully saturated rings. The molecule has 1 aliphatic carbocycles. The van der Waals surface area contributed by atoms with Gasteiger partial charge < -0.3 is 14.7 Å². The Balaban J connectivity index is 1.61. The third kappa shape index (κ3) is 5.48. The van der Waals surface area contributed by atoms with Crippen LogP contribution in [0.3, 0.4) is 0 Å². The Hall–Kier alpha value is -2.56. The minimum atomic E-state index is -0.0648. The summed E-state index contributed by atoms with van der Waals surface area (Å²) in [4.78, 5) is 14.6. The molecule has 1 N–H and O–H groups in total. The lowest BCUT2D eigenvalue weighted by Crippen LogP contribution is -2.40. The van der Waals surface area contributed by atoms with Gasteiger partial charge in [-0.05, 0) is 44.6 Å². The second kappa shape index (κ2) is 9.22. The van der Waals surface area contributed by atoms with E-state index >= 15 is 0 Å². The van der Waals surface area contributed by atoms with Crippen LogP contribution in [0.15, 0.2) is 52.8 Å². The Labute approximate surface area is 155 Å². The third-order valence-corrected chi connectivity index (χ3v) is 4.78. The van der Waals surface area contributed by atoms with Crippen molar-refractivity contribution in [2.45, 2.75) is 52.1 Å². The highest BCUT2D eigenvalue weighted by Crippen LogP contribution is 2.21. The minimum Gasteiger partial charge on any atom is -0.364 e. The van der Waals surface area contributed by atoms with Gasteiger partial charge in [-0.25, -0.2) is 4.79 Å². The summed E-state index contributed by atoms with van der Waals surface area (Å²) in [5, 5.41) is 6.79. The Kier molecular flexibility index (Phi) is 6.47. The number of carbonyl (C=O) groups is 1. The average molecular weight is 353 g/mol. The molecule has 138 valence electrons. The number of amides is 2. The van der Waals surface area contributed by atoms with Gasteiger partial charge in [-0.2, -0.15) is 0 Å². The molecule has 2 aromatic rings. The van der Waals surface area contributed by atoms with E-state index in [0.717, 1.165) is 24.2 Å². The van der Waals surface area contributed by atoms with Crippen LogP contribution in [0.5, 0.6) is 0 Å². The first kappa shape index (κ1) is 18.2. The quantitative estimate of drug-likeness (QED) is 0.741. The Morgan fingerprint density at radius 2 is 2.08 bits per heavy atom. The Bertz CT molecular complexity index is 720. The molecule has 3 rings (SSSR count). The molecule has 0 unspecified atom stereocenters. The van der Waals surface area contributed by atoms with Gasteiger partial charge >= 0.3 is 6.03 Å². The number of hydrogen-bond acceptors (Lipinski definition) is 3. The minimum absolute atomic E-state index is 0.0648. The smallest absolute Gasteiger partial charge is 0.318 e. The topological polar surface area (TPSA) is 58.4 Å². The van der Waals surface area contributed by atoms with Crippen molar-refractivity contribution >= 4 is 6.03 Å². The number of rotatable bonds is 7. The van der Waals surface area contributed by atoms with Gasteiger partial charge in [0.15, 0.2) is 0 Å². The van der Waals surface area contributed by atoms with E-state index in [2.05, 4.69) is 47.7 Å². The molecule has 2 amide bonds. The van der Waals surface area contributed by atoms with Crippen molar-refractivity contribution in [3.05, 3.63) is 65.1 Å². The van der Waals surface area contributed by atoms with Crippen LogP contribution in [-0.2, 0) is 13.1 Å². The summed E-state index contributed by atoms with van der Waals surface area (Å²) in [6.07, 6.45) is 9.70. The van der Waals surface area contributed by atoms with Crippen LogP contribution in [-0.4, -0.2) is 22.6 Å². The number of nitrogens with zero attached hydrogens (tertiary/aromatic N) is 2. The van der Waals surface area contributed by atoms with Crippen molar-refractivity contribution < 1.29 is 9.32 Å². The van der Waals surface area contributed by atoms with Gasteiger partial charge in [-0.1, -0.05) is 46.6 Å². The molecule has 1 aromatic carbocycles. The number of benzene rings is 1. The second-order valence-corrected chi connectivity index (χ2v) is 6.91. The first-order valence-corrected chi connectivity index (χ1v) is 9.36. The lowest BCUT2D eigenvalue weighted by atomic mass is 9.97. The summed E-state index contributed by atoms with van der Waals surface area (Å²) < 4.78 is 4.82. The normalized spacial score (nSPS) is 14.0. The fourth-order valence-corrected chi connectivity index (χ4v) is 3.18. The van der Waals surface area contributed by atoms with E-state index in [1.165, 1.54) is 43.1 Å². The number of aryl methyl sites for hydroxylation is 1. The van der Waals surface area contributed by atoms with Crippen molar-refractivity contribution in [2.24, 2.45) is 0 Å². The predicted octanol–water partition coefficient (Wildman–Crippen LogP) is 4.59. The fraction of sp³-hybridized carbons (Fsp3) is 0.429. The molecular weight excluding hydrogens is 326 g/mol. The fourth-order valence-electron chi connectivity index (χ4n) is 3.18. The summed E-state index contributed by atoms with van der Waals surface area (Å²) in [7, 11) is 0. The molecule has 0 radical (unpaired) electrons. The molecule has 0 spiro atoms. The van der Waals surface area contributed by atoms with Crippen molar-refractivity contribution in [1.29, 1.82) is 0 Å².